The Balaban J connectivity index is 0.000000387. The first-order valence-electron chi connectivity index (χ1n) is 8.19. The molecule has 2 rings (SSSR count). The van der Waals surface area contributed by atoms with Gasteiger partial charge in [-0.3, -0.25) is 0 Å². The Morgan fingerprint density at radius 1 is 0.963 bits per heavy atom. The van der Waals surface area contributed by atoms with Crippen LogP contribution in [0.2, 0.25) is 0 Å². The summed E-state index contributed by atoms with van der Waals surface area (Å²) in [4.78, 5) is 20.0. The van der Waals surface area contributed by atoms with Crippen LogP contribution in [0.25, 0.3) is 11.0 Å². The minimum Gasteiger partial charge on any atom is -0.444 e. The van der Waals surface area contributed by atoms with Crippen LogP contribution in [0.5, 0.6) is 0 Å². The molecule has 1 heterocycles. The number of anilines is 1. The van der Waals surface area contributed by atoms with Gasteiger partial charge in [-0.25, -0.2) is 9.59 Å². The summed E-state index contributed by atoms with van der Waals surface area (Å²) in [7, 11) is 0. The quantitative estimate of drug-likeness (QED) is 0.629. The van der Waals surface area contributed by atoms with Gasteiger partial charge in [0.1, 0.15) is 11.2 Å². The minimum atomic E-state index is -0.725. The van der Waals surface area contributed by atoms with Crippen LogP contribution in [0.4, 0.5) is 15.4 Å². The molecule has 0 aliphatic carbocycles. The van der Waals surface area contributed by atoms with Gasteiger partial charge in [0.05, 0.1) is 5.39 Å². The Kier molecular flexibility index (Phi) is 8.59. The first kappa shape index (κ1) is 24.0. The summed E-state index contributed by atoms with van der Waals surface area (Å²) in [5.74, 6) is 0.462. The lowest BCUT2D eigenvalue weighted by molar-refractivity contribution is 0.0588. The zero-order valence-electron chi connectivity index (χ0n) is 17.0. The molecule has 9 heteroatoms. The molecule has 0 fully saturated rings. The lowest BCUT2D eigenvalue weighted by atomic mass is 10.2. The number of primary amides is 2. The van der Waals surface area contributed by atoms with Crippen LogP contribution in [0.3, 0.4) is 0 Å². The summed E-state index contributed by atoms with van der Waals surface area (Å²) < 4.78 is 14.1. The highest BCUT2D eigenvalue weighted by molar-refractivity contribution is 5.87. The summed E-state index contributed by atoms with van der Waals surface area (Å²) in [6.45, 7) is 12.6. The number of aryl methyl sites for hydroxylation is 1. The zero-order valence-corrected chi connectivity index (χ0v) is 17.0. The van der Waals surface area contributed by atoms with Gasteiger partial charge in [-0.15, -0.1) is 0 Å². The molecule has 1 aromatic heterocycles. The lowest BCUT2D eigenvalue weighted by Crippen LogP contribution is -2.27. The molecule has 152 valence electrons. The van der Waals surface area contributed by atoms with E-state index in [9.17, 15) is 9.59 Å². The molecule has 27 heavy (non-hydrogen) atoms. The normalized spacial score (nSPS) is 10.8. The number of nitrogens with two attached hydrogens (primary N) is 3. The fourth-order valence-electron chi connectivity index (χ4n) is 1.67. The number of hydrogen-bond donors (Lipinski definition) is 3. The topological polar surface area (TPSA) is 157 Å². The molecular weight excluding hydrogens is 352 g/mol. The molecule has 0 aliphatic heterocycles. The molecule has 0 aliphatic rings. The van der Waals surface area contributed by atoms with Gasteiger partial charge in [-0.1, -0.05) is 16.8 Å². The number of rotatable bonds is 0. The Morgan fingerprint density at radius 3 is 1.74 bits per heavy atom. The van der Waals surface area contributed by atoms with Gasteiger partial charge in [-0.05, 0) is 60.6 Å². The first-order valence-corrected chi connectivity index (χ1v) is 8.19. The molecule has 0 spiro atoms. The van der Waals surface area contributed by atoms with Crippen molar-refractivity contribution in [3.05, 3.63) is 23.8 Å². The number of ether oxygens (including phenoxy) is 2. The smallest absolute Gasteiger partial charge is 0.405 e. The van der Waals surface area contributed by atoms with Gasteiger partial charge in [0.25, 0.3) is 0 Å². The van der Waals surface area contributed by atoms with E-state index in [1.807, 2.05) is 25.1 Å². The Bertz CT molecular complexity index is 731. The zero-order chi connectivity index (χ0) is 21.4. The van der Waals surface area contributed by atoms with Crippen LogP contribution in [0, 0.1) is 6.92 Å². The molecule has 9 nitrogen and oxygen atoms in total. The molecule has 0 unspecified atom stereocenters. The third kappa shape index (κ3) is 12.1. The number of carbonyl (C=O) groups is 2. The van der Waals surface area contributed by atoms with Crippen LogP contribution in [-0.2, 0) is 9.47 Å². The van der Waals surface area contributed by atoms with Gasteiger partial charge in [0.2, 0.25) is 0 Å². The largest absolute Gasteiger partial charge is 0.444 e. The molecule has 0 atom stereocenters. The Labute approximate surface area is 159 Å². The summed E-state index contributed by atoms with van der Waals surface area (Å²) in [6.07, 6.45) is -1.45. The van der Waals surface area contributed by atoms with Crippen molar-refractivity contribution in [2.75, 3.05) is 5.73 Å². The number of hydrogen-bond acceptors (Lipinski definition) is 7. The van der Waals surface area contributed by atoms with Crippen LogP contribution < -0.4 is 17.2 Å². The summed E-state index contributed by atoms with van der Waals surface area (Å²) in [6, 6.07) is 5.79. The van der Waals surface area contributed by atoms with E-state index in [1.165, 1.54) is 0 Å². The predicted octanol–water partition coefficient (Wildman–Crippen LogP) is 3.48. The molecular formula is C18H30N4O5. The van der Waals surface area contributed by atoms with Crippen molar-refractivity contribution >= 4 is 29.0 Å². The minimum absolute atomic E-state index is 0.453. The van der Waals surface area contributed by atoms with Gasteiger partial charge >= 0.3 is 12.2 Å². The monoisotopic (exact) mass is 382 g/mol. The second kappa shape index (κ2) is 9.65. The number of carbonyl (C=O) groups excluding carboxylic acids is 2. The van der Waals surface area contributed by atoms with E-state index in [-0.39, 0.29) is 0 Å². The SMILES string of the molecule is CC(C)(C)OC(N)=O.CC(C)(C)OC(N)=O.Cc1ccc2onc(N)c2c1. The van der Waals surface area contributed by atoms with Crippen molar-refractivity contribution in [3.8, 4) is 0 Å². The van der Waals surface area contributed by atoms with Gasteiger partial charge in [-0.2, -0.15) is 0 Å². The number of amides is 2. The number of nitrogens with zero attached hydrogens (tertiary/aromatic N) is 1. The fraction of sp³-hybridized carbons (Fsp3) is 0.500. The predicted molar refractivity (Wildman–Crippen MR) is 104 cm³/mol. The van der Waals surface area contributed by atoms with Gasteiger partial charge in [0.15, 0.2) is 11.4 Å². The third-order valence-corrected chi connectivity index (χ3v) is 2.47. The molecule has 0 saturated carbocycles. The second-order valence-corrected chi connectivity index (χ2v) is 7.63. The van der Waals surface area contributed by atoms with E-state index in [1.54, 1.807) is 41.5 Å². The number of aromatic nitrogens is 1. The van der Waals surface area contributed by atoms with Crippen molar-refractivity contribution < 1.29 is 23.6 Å². The first-order chi connectivity index (χ1) is 12.1. The maximum absolute atomic E-state index is 10.0. The number of fused-ring (bicyclic) bond motifs is 1. The van der Waals surface area contributed by atoms with Crippen molar-refractivity contribution in [1.82, 2.24) is 5.16 Å². The standard InChI is InChI=1S/C8H8N2O.2C5H11NO2/c1-5-2-3-7-6(4-5)8(9)10-11-7;2*1-5(2,3)8-4(6)7/h2-4H,1H3,(H2,9,10);2*1-3H3,(H2,6,7). The van der Waals surface area contributed by atoms with Crippen molar-refractivity contribution in [3.63, 3.8) is 0 Å². The van der Waals surface area contributed by atoms with E-state index in [4.69, 9.17) is 21.7 Å². The number of nitrogen functional groups attached to an aromatic ring is 1. The average molecular weight is 382 g/mol. The molecule has 1 aromatic carbocycles. The van der Waals surface area contributed by atoms with Crippen molar-refractivity contribution in [1.29, 1.82) is 0 Å². The molecule has 6 N–H and O–H groups in total. The molecule has 0 radical (unpaired) electrons. The Morgan fingerprint density at radius 2 is 1.41 bits per heavy atom. The highest BCUT2D eigenvalue weighted by Gasteiger charge is 2.13. The van der Waals surface area contributed by atoms with Gasteiger partial charge < -0.3 is 31.2 Å². The van der Waals surface area contributed by atoms with E-state index < -0.39 is 23.4 Å². The molecule has 0 saturated heterocycles. The van der Waals surface area contributed by atoms with Gasteiger partial charge in [0, 0.05) is 0 Å². The van der Waals surface area contributed by atoms with E-state index in [0.29, 0.717) is 5.82 Å². The highest BCUT2D eigenvalue weighted by atomic mass is 16.6. The summed E-state index contributed by atoms with van der Waals surface area (Å²) in [5, 5.41) is 4.53. The average Bonchev–Trinajstić information content (AvgIpc) is 2.75. The summed E-state index contributed by atoms with van der Waals surface area (Å²) in [5.41, 5.74) is 16.0. The van der Waals surface area contributed by atoms with Crippen molar-refractivity contribution in [2.45, 2.75) is 59.7 Å². The lowest BCUT2D eigenvalue weighted by Gasteiger charge is -2.16. The Hall–Kier alpha value is -2.97. The van der Waals surface area contributed by atoms with Crippen LogP contribution >= 0.6 is 0 Å². The van der Waals surface area contributed by atoms with E-state index >= 15 is 0 Å². The fourth-order valence-corrected chi connectivity index (χ4v) is 1.67. The van der Waals surface area contributed by atoms with Crippen LogP contribution in [0.15, 0.2) is 22.7 Å². The molecule has 0 bridgehead atoms. The maximum atomic E-state index is 10.0. The molecule has 2 amide bonds. The van der Waals surface area contributed by atoms with E-state index in [2.05, 4.69) is 14.6 Å². The second-order valence-electron chi connectivity index (χ2n) is 7.63. The van der Waals surface area contributed by atoms with Crippen LogP contribution in [0.1, 0.15) is 47.1 Å². The third-order valence-electron chi connectivity index (χ3n) is 2.47. The molecule has 2 aromatic rings. The van der Waals surface area contributed by atoms with Crippen molar-refractivity contribution in [2.24, 2.45) is 11.5 Å². The maximum Gasteiger partial charge on any atom is 0.405 e. The summed E-state index contributed by atoms with van der Waals surface area (Å²) >= 11 is 0. The number of benzene rings is 1. The van der Waals surface area contributed by atoms with Crippen LogP contribution in [-0.4, -0.2) is 28.5 Å². The highest BCUT2D eigenvalue weighted by Crippen LogP contribution is 2.20. The van der Waals surface area contributed by atoms with E-state index in [0.717, 1.165) is 16.5 Å².